The van der Waals surface area contributed by atoms with Crippen LogP contribution >= 0.6 is 0 Å². The standard InChI is InChI=1S/C31H31N5O4/c1-3-18-34-22-28(37)35-27(36(34)31(39)32-19-23-10-6-4-7-11-23)21-33(20-24-14-16-26(40-2)17-15-24)30(38)29(35)25-12-8-5-9-13-25/h1,4-17,27,29H,18-22H2,2H3,(H,32,39)/t27-,29-/m0/s1. The van der Waals surface area contributed by atoms with Crippen LogP contribution in [0.2, 0.25) is 0 Å². The number of hydrazine groups is 1. The van der Waals surface area contributed by atoms with Crippen molar-refractivity contribution in [1.82, 2.24) is 25.1 Å². The number of nitrogens with zero attached hydrogens (tertiary/aromatic N) is 4. The Labute approximate surface area is 233 Å². The molecule has 0 saturated carbocycles. The average molecular weight is 538 g/mol. The number of hydrogen-bond acceptors (Lipinski definition) is 5. The summed E-state index contributed by atoms with van der Waals surface area (Å²) in [6.07, 6.45) is 4.89. The van der Waals surface area contributed by atoms with E-state index in [1.807, 2.05) is 84.9 Å². The molecular weight excluding hydrogens is 506 g/mol. The summed E-state index contributed by atoms with van der Waals surface area (Å²) in [5.41, 5.74) is 2.52. The molecule has 9 heteroatoms. The minimum Gasteiger partial charge on any atom is -0.497 e. The second-order valence-electron chi connectivity index (χ2n) is 9.68. The van der Waals surface area contributed by atoms with Gasteiger partial charge in [0.2, 0.25) is 5.91 Å². The Kier molecular flexibility index (Phi) is 7.99. The van der Waals surface area contributed by atoms with Crippen molar-refractivity contribution >= 4 is 17.8 Å². The molecule has 2 aliphatic heterocycles. The number of piperazine rings is 1. The highest BCUT2D eigenvalue weighted by Gasteiger charge is 2.51. The van der Waals surface area contributed by atoms with Gasteiger partial charge in [-0.25, -0.2) is 9.80 Å². The summed E-state index contributed by atoms with van der Waals surface area (Å²) in [6, 6.07) is 25.0. The quantitative estimate of drug-likeness (QED) is 0.469. The van der Waals surface area contributed by atoms with Gasteiger partial charge in [0, 0.05) is 13.1 Å². The van der Waals surface area contributed by atoms with Gasteiger partial charge in [0.15, 0.2) is 0 Å². The zero-order valence-corrected chi connectivity index (χ0v) is 22.3. The van der Waals surface area contributed by atoms with Gasteiger partial charge in [-0.15, -0.1) is 6.42 Å². The number of amides is 4. The molecule has 3 aromatic carbocycles. The molecule has 2 atom stereocenters. The lowest BCUT2D eigenvalue weighted by atomic mass is 9.98. The van der Waals surface area contributed by atoms with E-state index in [1.165, 1.54) is 9.91 Å². The largest absolute Gasteiger partial charge is 0.497 e. The maximum atomic E-state index is 14.0. The summed E-state index contributed by atoms with van der Waals surface area (Å²) in [4.78, 5) is 44.6. The fraction of sp³-hybridized carbons (Fsp3) is 0.258. The topological polar surface area (TPSA) is 85.4 Å². The molecule has 0 aliphatic carbocycles. The van der Waals surface area contributed by atoms with E-state index in [1.54, 1.807) is 17.0 Å². The van der Waals surface area contributed by atoms with E-state index in [4.69, 9.17) is 11.2 Å². The zero-order chi connectivity index (χ0) is 28.1. The molecule has 2 heterocycles. The van der Waals surface area contributed by atoms with Crippen LogP contribution in [-0.2, 0) is 22.7 Å². The predicted molar refractivity (Wildman–Crippen MR) is 149 cm³/mol. The molecule has 0 aromatic heterocycles. The predicted octanol–water partition coefficient (Wildman–Crippen LogP) is 3.01. The maximum absolute atomic E-state index is 14.0. The summed E-state index contributed by atoms with van der Waals surface area (Å²) in [5.74, 6) is 2.81. The molecule has 2 fully saturated rings. The van der Waals surface area contributed by atoms with E-state index in [-0.39, 0.29) is 31.4 Å². The number of rotatable bonds is 7. The molecule has 1 N–H and O–H groups in total. The lowest BCUT2D eigenvalue weighted by molar-refractivity contribution is -0.190. The summed E-state index contributed by atoms with van der Waals surface area (Å²) >= 11 is 0. The van der Waals surface area contributed by atoms with Gasteiger partial charge in [-0.2, -0.15) is 5.01 Å². The molecule has 0 spiro atoms. The number of methoxy groups -OCH3 is 1. The van der Waals surface area contributed by atoms with Gasteiger partial charge in [0.05, 0.1) is 26.7 Å². The minimum absolute atomic E-state index is 0.0667. The van der Waals surface area contributed by atoms with Crippen molar-refractivity contribution in [2.75, 3.05) is 26.7 Å². The number of fused-ring (bicyclic) bond motifs is 1. The van der Waals surface area contributed by atoms with E-state index in [0.717, 1.165) is 11.1 Å². The number of carbonyl (C=O) groups is 3. The number of urea groups is 1. The van der Waals surface area contributed by atoms with E-state index in [2.05, 4.69) is 11.2 Å². The fourth-order valence-corrected chi connectivity index (χ4v) is 5.23. The Morgan fingerprint density at radius 2 is 1.65 bits per heavy atom. The Morgan fingerprint density at radius 3 is 2.30 bits per heavy atom. The van der Waals surface area contributed by atoms with Crippen LogP contribution in [0.15, 0.2) is 84.9 Å². The molecule has 0 bridgehead atoms. The molecule has 3 aromatic rings. The van der Waals surface area contributed by atoms with Crippen LogP contribution in [0.5, 0.6) is 5.75 Å². The van der Waals surface area contributed by atoms with Crippen molar-refractivity contribution in [2.45, 2.75) is 25.3 Å². The summed E-state index contributed by atoms with van der Waals surface area (Å²) in [5, 5.41) is 6.05. The molecule has 40 heavy (non-hydrogen) atoms. The molecule has 204 valence electrons. The highest BCUT2D eigenvalue weighted by molar-refractivity contribution is 5.92. The summed E-state index contributed by atoms with van der Waals surface area (Å²) < 4.78 is 5.27. The minimum atomic E-state index is -0.886. The van der Waals surface area contributed by atoms with Gasteiger partial charge in [-0.3, -0.25) is 9.59 Å². The number of carbonyl (C=O) groups excluding carboxylic acids is 3. The van der Waals surface area contributed by atoms with Crippen LogP contribution < -0.4 is 10.1 Å². The Balaban J connectivity index is 1.50. The number of ether oxygens (including phenoxy) is 1. The fourth-order valence-electron chi connectivity index (χ4n) is 5.23. The average Bonchev–Trinajstić information content (AvgIpc) is 2.98. The van der Waals surface area contributed by atoms with E-state index >= 15 is 0 Å². The van der Waals surface area contributed by atoms with Crippen molar-refractivity contribution in [3.05, 3.63) is 102 Å². The van der Waals surface area contributed by atoms with Crippen molar-refractivity contribution < 1.29 is 19.1 Å². The highest BCUT2D eigenvalue weighted by Crippen LogP contribution is 2.35. The monoisotopic (exact) mass is 537 g/mol. The molecule has 0 unspecified atom stereocenters. The third kappa shape index (κ3) is 5.48. The first-order chi connectivity index (χ1) is 19.5. The first kappa shape index (κ1) is 26.8. The molecule has 4 amide bonds. The van der Waals surface area contributed by atoms with Gasteiger partial charge >= 0.3 is 6.03 Å². The van der Waals surface area contributed by atoms with Gasteiger partial charge in [0.1, 0.15) is 18.0 Å². The van der Waals surface area contributed by atoms with Crippen molar-refractivity contribution in [3.63, 3.8) is 0 Å². The second-order valence-corrected chi connectivity index (χ2v) is 9.68. The van der Waals surface area contributed by atoms with Gasteiger partial charge in [0.25, 0.3) is 5.91 Å². The number of benzene rings is 3. The van der Waals surface area contributed by atoms with Crippen molar-refractivity contribution in [2.24, 2.45) is 0 Å². The molecule has 2 aliphatic rings. The lowest BCUT2D eigenvalue weighted by Gasteiger charge is -2.54. The summed E-state index contributed by atoms with van der Waals surface area (Å²) in [6.45, 7) is 0.683. The molecular formula is C31H31N5O4. The smallest absolute Gasteiger partial charge is 0.334 e. The Bertz CT molecular complexity index is 1390. The van der Waals surface area contributed by atoms with Crippen LogP contribution in [-0.4, -0.2) is 70.6 Å². The SMILES string of the molecule is C#CCN1CC(=O)N2[C@@H](c3ccccc3)C(=O)N(Cc3ccc(OC)cc3)C[C@@H]2N1C(=O)NCc1ccccc1. The van der Waals surface area contributed by atoms with Gasteiger partial charge in [-0.1, -0.05) is 78.7 Å². The summed E-state index contributed by atoms with van der Waals surface area (Å²) in [7, 11) is 1.60. The number of terminal acetylenes is 1. The molecule has 2 saturated heterocycles. The van der Waals surface area contributed by atoms with E-state index in [9.17, 15) is 14.4 Å². The van der Waals surface area contributed by atoms with Crippen LogP contribution in [0.1, 0.15) is 22.7 Å². The van der Waals surface area contributed by atoms with Crippen molar-refractivity contribution in [3.8, 4) is 18.1 Å². The molecule has 5 rings (SSSR count). The van der Waals surface area contributed by atoms with Crippen LogP contribution in [0, 0.1) is 12.3 Å². The van der Waals surface area contributed by atoms with E-state index in [0.29, 0.717) is 24.4 Å². The van der Waals surface area contributed by atoms with E-state index < -0.39 is 18.2 Å². The maximum Gasteiger partial charge on any atom is 0.334 e. The lowest BCUT2D eigenvalue weighted by Crippen LogP contribution is -2.74. The number of hydrogen-bond donors (Lipinski definition) is 1. The van der Waals surface area contributed by atoms with Gasteiger partial charge < -0.3 is 19.9 Å². The first-order valence-electron chi connectivity index (χ1n) is 13.1. The Morgan fingerprint density at radius 1 is 0.975 bits per heavy atom. The molecule has 0 radical (unpaired) electrons. The van der Waals surface area contributed by atoms with Crippen LogP contribution in [0.25, 0.3) is 0 Å². The first-order valence-corrected chi connectivity index (χ1v) is 13.1. The highest BCUT2D eigenvalue weighted by atomic mass is 16.5. The number of nitrogens with one attached hydrogen (secondary N) is 1. The third-order valence-electron chi connectivity index (χ3n) is 7.14. The van der Waals surface area contributed by atoms with Crippen molar-refractivity contribution in [1.29, 1.82) is 0 Å². The molecule has 9 nitrogen and oxygen atoms in total. The zero-order valence-electron chi connectivity index (χ0n) is 22.3. The van der Waals surface area contributed by atoms with Crippen LogP contribution in [0.4, 0.5) is 4.79 Å². The normalized spacial score (nSPS) is 19.1. The second kappa shape index (κ2) is 11.9. The van der Waals surface area contributed by atoms with Crippen LogP contribution in [0.3, 0.4) is 0 Å². The van der Waals surface area contributed by atoms with Gasteiger partial charge in [-0.05, 0) is 28.8 Å². The Hall–Kier alpha value is -4.81. The third-order valence-corrected chi connectivity index (χ3v) is 7.14.